The zero-order valence-corrected chi connectivity index (χ0v) is 11.9. The van der Waals surface area contributed by atoms with Gasteiger partial charge in [-0.2, -0.15) is 0 Å². The monoisotopic (exact) mass is 277 g/mol. The molecule has 0 saturated carbocycles. The normalized spacial score (nSPS) is 24.1. The lowest BCUT2D eigenvalue weighted by molar-refractivity contribution is -0.124. The Morgan fingerprint density at radius 1 is 1.39 bits per heavy atom. The van der Waals surface area contributed by atoms with Crippen LogP contribution in [-0.4, -0.2) is 63.0 Å². The topological polar surface area (TPSA) is 92.5 Å². The predicted molar refractivity (Wildman–Crippen MR) is 71.0 cm³/mol. The van der Waals surface area contributed by atoms with Crippen LogP contribution in [-0.2, 0) is 14.6 Å². The smallest absolute Gasteiger partial charge is 0.237 e. The summed E-state index contributed by atoms with van der Waals surface area (Å²) in [7, 11) is -1.17. The molecule has 106 valence electrons. The quantitative estimate of drug-likeness (QED) is 0.670. The highest BCUT2D eigenvalue weighted by molar-refractivity contribution is 7.91. The van der Waals surface area contributed by atoms with Gasteiger partial charge >= 0.3 is 0 Å². The Kier molecular flexibility index (Phi) is 5.12. The van der Waals surface area contributed by atoms with E-state index >= 15 is 0 Å². The van der Waals surface area contributed by atoms with E-state index in [4.69, 9.17) is 5.73 Å². The van der Waals surface area contributed by atoms with Crippen molar-refractivity contribution in [2.45, 2.75) is 25.3 Å². The van der Waals surface area contributed by atoms with E-state index in [1.165, 1.54) is 0 Å². The Morgan fingerprint density at radius 3 is 2.61 bits per heavy atom. The van der Waals surface area contributed by atoms with Gasteiger partial charge in [-0.3, -0.25) is 4.79 Å². The third-order valence-electron chi connectivity index (χ3n) is 3.67. The number of amides is 1. The van der Waals surface area contributed by atoms with Crippen molar-refractivity contribution in [1.29, 1.82) is 0 Å². The predicted octanol–water partition coefficient (Wildman–Crippen LogP) is -1.04. The highest BCUT2D eigenvalue weighted by atomic mass is 32.2. The molecular formula is C11H23N3O3S. The van der Waals surface area contributed by atoms with Crippen molar-refractivity contribution in [1.82, 2.24) is 10.2 Å². The highest BCUT2D eigenvalue weighted by Gasteiger charge is 2.29. The molecular weight excluding hydrogens is 254 g/mol. The van der Waals surface area contributed by atoms with Gasteiger partial charge in [0.15, 0.2) is 9.84 Å². The molecule has 1 fully saturated rings. The summed E-state index contributed by atoms with van der Waals surface area (Å²) < 4.78 is 22.9. The molecule has 0 aromatic carbocycles. The minimum Gasteiger partial charge on any atom is -0.368 e. The van der Waals surface area contributed by atoms with E-state index in [-0.39, 0.29) is 17.4 Å². The van der Waals surface area contributed by atoms with Crippen LogP contribution in [0.4, 0.5) is 0 Å². The number of hydrogen-bond acceptors (Lipinski definition) is 5. The van der Waals surface area contributed by atoms with Crippen LogP contribution < -0.4 is 11.1 Å². The summed E-state index contributed by atoms with van der Waals surface area (Å²) in [4.78, 5) is 13.4. The molecule has 7 heteroatoms. The summed E-state index contributed by atoms with van der Waals surface area (Å²) in [6, 6.07) is 0. The van der Waals surface area contributed by atoms with Crippen molar-refractivity contribution < 1.29 is 13.2 Å². The second-order valence-electron chi connectivity index (χ2n) is 5.04. The zero-order valence-electron chi connectivity index (χ0n) is 11.1. The number of nitrogens with zero attached hydrogens (tertiary/aromatic N) is 1. The first-order chi connectivity index (χ1) is 8.29. The average molecular weight is 277 g/mol. The van der Waals surface area contributed by atoms with Crippen LogP contribution >= 0.6 is 0 Å². The molecule has 0 spiro atoms. The molecule has 1 heterocycles. The van der Waals surface area contributed by atoms with Gasteiger partial charge in [0.2, 0.25) is 5.91 Å². The zero-order chi connectivity index (χ0) is 13.8. The molecule has 1 aliphatic heterocycles. The fourth-order valence-corrected chi connectivity index (χ4v) is 3.28. The van der Waals surface area contributed by atoms with Crippen molar-refractivity contribution in [3.05, 3.63) is 0 Å². The van der Waals surface area contributed by atoms with Crippen molar-refractivity contribution in [2.24, 2.45) is 5.73 Å². The number of carbonyl (C=O) groups is 1. The molecule has 1 aliphatic rings. The van der Waals surface area contributed by atoms with Gasteiger partial charge in [0.1, 0.15) is 0 Å². The Bertz CT molecular complexity index is 396. The van der Waals surface area contributed by atoms with Gasteiger partial charge in [-0.1, -0.05) is 0 Å². The van der Waals surface area contributed by atoms with Crippen LogP contribution in [0.15, 0.2) is 0 Å². The SMILES string of the molecule is CNC(C)(CCN1CCCS(=O)(=O)CC1)C(N)=O. The number of sulfone groups is 1. The second-order valence-corrected chi connectivity index (χ2v) is 7.35. The number of carbonyl (C=O) groups excluding carboxylic acids is 1. The van der Waals surface area contributed by atoms with E-state index < -0.39 is 15.4 Å². The van der Waals surface area contributed by atoms with Crippen molar-refractivity contribution in [2.75, 3.05) is 38.2 Å². The van der Waals surface area contributed by atoms with Crippen LogP contribution in [0.1, 0.15) is 19.8 Å². The van der Waals surface area contributed by atoms with Gasteiger partial charge in [0.25, 0.3) is 0 Å². The van der Waals surface area contributed by atoms with Gasteiger partial charge in [0.05, 0.1) is 17.0 Å². The number of likely N-dealkylation sites (N-methyl/N-ethyl adjacent to an activating group) is 1. The number of hydrogen-bond donors (Lipinski definition) is 2. The number of nitrogens with two attached hydrogens (primary N) is 1. The molecule has 0 bridgehead atoms. The molecule has 0 aromatic rings. The summed E-state index contributed by atoms with van der Waals surface area (Å²) in [6.07, 6.45) is 1.24. The molecule has 0 aromatic heterocycles. The van der Waals surface area contributed by atoms with Crippen LogP contribution in [0.25, 0.3) is 0 Å². The molecule has 1 atom stereocenters. The van der Waals surface area contributed by atoms with Gasteiger partial charge in [-0.25, -0.2) is 8.42 Å². The first-order valence-corrected chi connectivity index (χ1v) is 8.03. The van der Waals surface area contributed by atoms with E-state index in [0.717, 1.165) is 6.54 Å². The molecule has 1 unspecified atom stereocenters. The molecule has 3 N–H and O–H groups in total. The molecule has 0 radical (unpaired) electrons. The molecule has 1 amide bonds. The number of rotatable bonds is 5. The van der Waals surface area contributed by atoms with Crippen molar-refractivity contribution in [3.63, 3.8) is 0 Å². The molecule has 6 nitrogen and oxygen atoms in total. The summed E-state index contributed by atoms with van der Waals surface area (Å²) in [5, 5.41) is 2.93. The highest BCUT2D eigenvalue weighted by Crippen LogP contribution is 2.12. The maximum atomic E-state index is 11.5. The first kappa shape index (κ1) is 15.4. The third kappa shape index (κ3) is 4.22. The minimum atomic E-state index is -2.88. The van der Waals surface area contributed by atoms with Crippen LogP contribution in [0.3, 0.4) is 0 Å². The van der Waals surface area contributed by atoms with Crippen molar-refractivity contribution in [3.8, 4) is 0 Å². The Hall–Kier alpha value is -0.660. The Balaban J connectivity index is 2.51. The minimum absolute atomic E-state index is 0.208. The second kappa shape index (κ2) is 5.99. The molecule has 1 saturated heterocycles. The summed E-state index contributed by atoms with van der Waals surface area (Å²) in [5.74, 6) is 0.0927. The third-order valence-corrected chi connectivity index (χ3v) is 5.39. The summed E-state index contributed by atoms with van der Waals surface area (Å²) >= 11 is 0. The van der Waals surface area contributed by atoms with Gasteiger partial charge in [-0.05, 0) is 33.4 Å². The largest absolute Gasteiger partial charge is 0.368 e. The standard InChI is InChI=1S/C11H23N3O3S/c1-11(13-2,10(12)15)4-6-14-5-3-8-18(16,17)9-7-14/h13H,3-9H2,1-2H3,(H2,12,15). The molecule has 18 heavy (non-hydrogen) atoms. The van der Waals surface area contributed by atoms with Gasteiger partial charge in [0, 0.05) is 13.1 Å². The van der Waals surface area contributed by atoms with Gasteiger partial charge < -0.3 is 16.0 Å². The van der Waals surface area contributed by atoms with E-state index in [1.54, 1.807) is 14.0 Å². The van der Waals surface area contributed by atoms with Crippen molar-refractivity contribution >= 4 is 15.7 Å². The summed E-state index contributed by atoms with van der Waals surface area (Å²) in [5.41, 5.74) is 4.62. The van der Waals surface area contributed by atoms with E-state index in [0.29, 0.717) is 25.9 Å². The molecule has 1 rings (SSSR count). The lowest BCUT2D eigenvalue weighted by Gasteiger charge is -2.29. The van der Waals surface area contributed by atoms with E-state index in [2.05, 4.69) is 10.2 Å². The average Bonchev–Trinajstić information content (AvgIpc) is 2.47. The lowest BCUT2D eigenvalue weighted by Crippen LogP contribution is -2.53. The van der Waals surface area contributed by atoms with E-state index in [9.17, 15) is 13.2 Å². The fourth-order valence-electron chi connectivity index (χ4n) is 1.97. The Labute approximate surface area is 109 Å². The van der Waals surface area contributed by atoms with Crippen LogP contribution in [0, 0.1) is 0 Å². The maximum Gasteiger partial charge on any atom is 0.237 e. The van der Waals surface area contributed by atoms with Gasteiger partial charge in [-0.15, -0.1) is 0 Å². The maximum absolute atomic E-state index is 11.5. The first-order valence-electron chi connectivity index (χ1n) is 6.21. The molecule has 0 aliphatic carbocycles. The van der Waals surface area contributed by atoms with E-state index in [1.807, 2.05) is 0 Å². The number of primary amides is 1. The Morgan fingerprint density at radius 2 is 2.06 bits per heavy atom. The lowest BCUT2D eigenvalue weighted by atomic mass is 9.97. The summed E-state index contributed by atoms with van der Waals surface area (Å²) in [6.45, 7) is 3.75. The fraction of sp³-hybridized carbons (Fsp3) is 0.909. The van der Waals surface area contributed by atoms with Crippen LogP contribution in [0.5, 0.6) is 0 Å². The number of nitrogens with one attached hydrogen (secondary N) is 1. The van der Waals surface area contributed by atoms with Crippen LogP contribution in [0.2, 0.25) is 0 Å².